The summed E-state index contributed by atoms with van der Waals surface area (Å²) in [5.41, 5.74) is 10.6. The molecule has 1 unspecified atom stereocenters. The third-order valence-electron chi connectivity index (χ3n) is 5.49. The lowest BCUT2D eigenvalue weighted by molar-refractivity contribution is -0.136. The number of carbonyl (C=O) groups excluding carboxylic acids is 3. The monoisotopic (exact) mass is 405 g/mol. The summed E-state index contributed by atoms with van der Waals surface area (Å²) in [5, 5.41) is 3.78. The van der Waals surface area contributed by atoms with Gasteiger partial charge in [0.2, 0.25) is 11.8 Å². The molecule has 3 amide bonds. The summed E-state index contributed by atoms with van der Waals surface area (Å²) in [6.07, 6.45) is 0.552. The highest BCUT2D eigenvalue weighted by Gasteiger charge is 2.39. The zero-order chi connectivity index (χ0) is 21.4. The molecule has 2 aromatic rings. The lowest BCUT2D eigenvalue weighted by Crippen LogP contribution is -2.52. The van der Waals surface area contributed by atoms with Gasteiger partial charge >= 0.3 is 0 Å². The average molecular weight is 405 g/mol. The number of nitrogens with zero attached hydrogens (tertiary/aromatic N) is 2. The van der Waals surface area contributed by atoms with Crippen molar-refractivity contribution in [2.75, 3.05) is 7.05 Å². The molecule has 0 aromatic heterocycles. The van der Waals surface area contributed by atoms with E-state index in [2.05, 4.69) is 5.32 Å². The number of benzene rings is 2. The molecule has 2 aliphatic heterocycles. The van der Waals surface area contributed by atoms with E-state index in [0.717, 1.165) is 16.7 Å². The fourth-order valence-corrected chi connectivity index (χ4v) is 4.02. The van der Waals surface area contributed by atoms with E-state index in [-0.39, 0.29) is 18.2 Å². The molecule has 0 aliphatic carbocycles. The summed E-state index contributed by atoms with van der Waals surface area (Å²) >= 11 is 0. The van der Waals surface area contributed by atoms with Crippen LogP contribution in [0.15, 0.2) is 48.5 Å². The number of hydrogen-bond acceptors (Lipinski definition) is 6. The topological polar surface area (TPSA) is 122 Å². The number of fused-ring (bicyclic) bond motifs is 1. The van der Waals surface area contributed by atoms with Crippen molar-refractivity contribution in [3.8, 4) is 0 Å². The first-order chi connectivity index (χ1) is 14.4. The molecule has 1 atom stereocenters. The van der Waals surface area contributed by atoms with E-state index in [1.165, 1.54) is 9.91 Å². The summed E-state index contributed by atoms with van der Waals surface area (Å²) in [7, 11) is 1.72. The van der Waals surface area contributed by atoms with Crippen LogP contribution in [0.25, 0.3) is 11.4 Å². The molecule has 154 valence electrons. The van der Waals surface area contributed by atoms with Crippen LogP contribution >= 0.6 is 0 Å². The van der Waals surface area contributed by atoms with Crippen LogP contribution in [0.1, 0.15) is 39.9 Å². The average Bonchev–Trinajstić information content (AvgIpc) is 3.04. The minimum absolute atomic E-state index is 0.215. The molecule has 8 nitrogen and oxygen atoms in total. The highest BCUT2D eigenvalue weighted by molar-refractivity contribution is 6.05. The number of piperidine rings is 1. The van der Waals surface area contributed by atoms with Gasteiger partial charge in [0.15, 0.2) is 0 Å². The molecule has 2 heterocycles. The van der Waals surface area contributed by atoms with E-state index in [4.69, 9.17) is 11.6 Å². The van der Waals surface area contributed by atoms with Crippen LogP contribution in [-0.2, 0) is 16.1 Å². The number of nitrogens with one attached hydrogen (secondary N) is 1. The zero-order valence-corrected chi connectivity index (χ0v) is 16.6. The van der Waals surface area contributed by atoms with E-state index in [9.17, 15) is 14.4 Å². The molecule has 4 rings (SSSR count). The molecular formula is C22H23N5O3. The quantitative estimate of drug-likeness (QED) is 0.302. The van der Waals surface area contributed by atoms with Crippen molar-refractivity contribution < 1.29 is 14.4 Å². The van der Waals surface area contributed by atoms with Crippen molar-refractivity contribution in [1.29, 1.82) is 0 Å². The number of nitrogens with two attached hydrogens (primary N) is 2. The minimum atomic E-state index is -0.644. The summed E-state index contributed by atoms with van der Waals surface area (Å²) in [6, 6.07) is 14.3. The van der Waals surface area contributed by atoms with E-state index in [1.54, 1.807) is 19.2 Å². The van der Waals surface area contributed by atoms with Gasteiger partial charge in [-0.05, 0) is 29.7 Å². The van der Waals surface area contributed by atoms with E-state index in [1.807, 2.05) is 36.4 Å². The molecule has 8 heteroatoms. The van der Waals surface area contributed by atoms with E-state index in [0.29, 0.717) is 29.9 Å². The fraction of sp³-hybridized carbons (Fsp3) is 0.227. The van der Waals surface area contributed by atoms with Crippen molar-refractivity contribution in [3.63, 3.8) is 0 Å². The highest BCUT2D eigenvalue weighted by Crippen LogP contribution is 2.31. The molecule has 5 N–H and O–H groups in total. The Bertz CT molecular complexity index is 1060. The highest BCUT2D eigenvalue weighted by atomic mass is 16.2. The van der Waals surface area contributed by atoms with Crippen LogP contribution in [0, 0.1) is 0 Å². The van der Waals surface area contributed by atoms with Gasteiger partial charge < -0.3 is 15.6 Å². The first-order valence-corrected chi connectivity index (χ1v) is 9.68. The van der Waals surface area contributed by atoms with Gasteiger partial charge in [0, 0.05) is 31.1 Å². The van der Waals surface area contributed by atoms with Crippen molar-refractivity contribution in [1.82, 2.24) is 15.2 Å². The van der Waals surface area contributed by atoms with E-state index >= 15 is 0 Å². The molecule has 0 spiro atoms. The van der Waals surface area contributed by atoms with Crippen LogP contribution in [0.3, 0.4) is 0 Å². The smallest absolute Gasteiger partial charge is 0.255 e. The fourth-order valence-electron chi connectivity index (χ4n) is 4.02. The molecule has 0 saturated carbocycles. The third-order valence-corrected chi connectivity index (χ3v) is 5.49. The number of hydrogen-bond donors (Lipinski definition) is 3. The number of hydrazine groups is 1. The first kappa shape index (κ1) is 19.7. The number of carbonyl (C=O) groups is 3. The summed E-state index contributed by atoms with van der Waals surface area (Å²) in [4.78, 5) is 38.0. The molecule has 1 saturated heterocycles. The van der Waals surface area contributed by atoms with Crippen LogP contribution in [-0.4, -0.2) is 40.7 Å². The van der Waals surface area contributed by atoms with Crippen molar-refractivity contribution in [3.05, 3.63) is 70.8 Å². The molecule has 0 bridgehead atoms. The van der Waals surface area contributed by atoms with Gasteiger partial charge in [-0.2, -0.15) is 0 Å². The van der Waals surface area contributed by atoms with Gasteiger partial charge in [-0.3, -0.25) is 19.7 Å². The van der Waals surface area contributed by atoms with Gasteiger partial charge in [0.25, 0.3) is 5.91 Å². The summed E-state index contributed by atoms with van der Waals surface area (Å²) in [6.45, 7) is 0.292. The predicted molar refractivity (Wildman–Crippen MR) is 112 cm³/mol. The Morgan fingerprint density at radius 1 is 1.10 bits per heavy atom. The van der Waals surface area contributed by atoms with Gasteiger partial charge in [-0.1, -0.05) is 36.4 Å². The predicted octanol–water partition coefficient (Wildman–Crippen LogP) is 1.04. The third kappa shape index (κ3) is 3.42. The van der Waals surface area contributed by atoms with Crippen molar-refractivity contribution >= 4 is 29.1 Å². The number of rotatable bonds is 4. The summed E-state index contributed by atoms with van der Waals surface area (Å²) in [5.74, 6) is 5.10. The Morgan fingerprint density at radius 2 is 1.83 bits per heavy atom. The maximum Gasteiger partial charge on any atom is 0.255 e. The van der Waals surface area contributed by atoms with Crippen LogP contribution in [0.2, 0.25) is 0 Å². The molecule has 2 aliphatic rings. The molecule has 0 radical (unpaired) electrons. The van der Waals surface area contributed by atoms with Gasteiger partial charge in [-0.25, -0.2) is 5.84 Å². The first-order valence-electron chi connectivity index (χ1n) is 9.68. The Hall–Kier alpha value is -3.65. The van der Waals surface area contributed by atoms with E-state index < -0.39 is 11.9 Å². The number of amides is 3. The largest absolute Gasteiger partial charge is 0.397 e. The standard InChI is InChI=1S/C22H23N5O3/c1-26(24)20(13-5-3-2-4-6-13)19(23)14-7-8-16-15(11-14)12-27(22(16)30)17-9-10-18(28)25-21(17)29/h2-8,11,17H,9-10,12,23-24H2,1H3,(H,25,28,29)/b20-19-. The maximum atomic E-state index is 12.9. The SMILES string of the molecule is CN(N)/C(=C(\N)c1ccc2c(c1)CN(C1CCC(=O)NC1=O)C2=O)c1ccccc1. The lowest BCUT2D eigenvalue weighted by Gasteiger charge is -2.29. The second-order valence-corrected chi connectivity index (χ2v) is 7.51. The maximum absolute atomic E-state index is 12.9. The number of imide groups is 1. The van der Waals surface area contributed by atoms with Crippen LogP contribution in [0.5, 0.6) is 0 Å². The molecule has 1 fully saturated rings. The second-order valence-electron chi connectivity index (χ2n) is 7.51. The summed E-state index contributed by atoms with van der Waals surface area (Å²) < 4.78 is 0. The Balaban J connectivity index is 1.67. The Morgan fingerprint density at radius 3 is 2.50 bits per heavy atom. The van der Waals surface area contributed by atoms with Gasteiger partial charge in [0.05, 0.1) is 11.4 Å². The normalized spacial score (nSPS) is 19.3. The van der Waals surface area contributed by atoms with Crippen LogP contribution in [0.4, 0.5) is 0 Å². The minimum Gasteiger partial charge on any atom is -0.397 e. The lowest BCUT2D eigenvalue weighted by atomic mass is 10.0. The van der Waals surface area contributed by atoms with Crippen LogP contribution < -0.4 is 16.9 Å². The van der Waals surface area contributed by atoms with Gasteiger partial charge in [0.1, 0.15) is 6.04 Å². The Kier molecular flexibility index (Phi) is 5.01. The van der Waals surface area contributed by atoms with Crippen molar-refractivity contribution in [2.24, 2.45) is 11.6 Å². The second kappa shape index (κ2) is 7.64. The molecular weight excluding hydrogens is 382 g/mol. The molecule has 30 heavy (non-hydrogen) atoms. The molecule has 2 aromatic carbocycles. The van der Waals surface area contributed by atoms with Crippen molar-refractivity contribution in [2.45, 2.75) is 25.4 Å². The Labute approximate surface area is 174 Å². The van der Waals surface area contributed by atoms with Gasteiger partial charge in [-0.15, -0.1) is 0 Å². The zero-order valence-electron chi connectivity index (χ0n) is 16.6.